The zero-order valence-electron chi connectivity index (χ0n) is 13.5. The number of halogens is 1. The van der Waals surface area contributed by atoms with Gasteiger partial charge in [0.05, 0.1) is 0 Å². The highest BCUT2D eigenvalue weighted by Gasteiger charge is 2.22. The minimum atomic E-state index is -0.0748. The number of hydrogen-bond donors (Lipinski definition) is 0. The number of carbonyl (C=O) groups excluding carboxylic acids is 2. The Hall–Kier alpha value is -2.33. The van der Waals surface area contributed by atoms with Crippen molar-refractivity contribution in [3.63, 3.8) is 0 Å². The fraction of sp³-hybridized carbons (Fsp3) is 0.263. The molecule has 2 amide bonds. The van der Waals surface area contributed by atoms with E-state index >= 15 is 0 Å². The Balaban J connectivity index is 1.70. The highest BCUT2D eigenvalue weighted by atomic mass is 35.5. The lowest BCUT2D eigenvalue weighted by atomic mass is 10.1. The summed E-state index contributed by atoms with van der Waals surface area (Å²) in [6.45, 7) is 1.20. The van der Waals surface area contributed by atoms with Crippen molar-refractivity contribution in [2.24, 2.45) is 0 Å². The Bertz CT molecular complexity index is 758. The highest BCUT2D eigenvalue weighted by molar-refractivity contribution is 6.31. The first kappa shape index (κ1) is 16.5. The number of benzene rings is 2. The van der Waals surface area contributed by atoms with E-state index in [9.17, 15) is 9.59 Å². The van der Waals surface area contributed by atoms with Gasteiger partial charge in [0.25, 0.3) is 5.91 Å². The zero-order valence-corrected chi connectivity index (χ0v) is 14.3. The van der Waals surface area contributed by atoms with E-state index in [0.717, 1.165) is 24.2 Å². The molecular weight excluding hydrogens is 324 g/mol. The average molecular weight is 343 g/mol. The maximum Gasteiger partial charge on any atom is 0.253 e. The van der Waals surface area contributed by atoms with E-state index in [1.807, 2.05) is 36.4 Å². The molecule has 3 rings (SSSR count). The van der Waals surface area contributed by atoms with Crippen molar-refractivity contribution in [3.8, 4) is 0 Å². The van der Waals surface area contributed by atoms with Gasteiger partial charge < -0.3 is 9.80 Å². The molecule has 0 radical (unpaired) electrons. The lowest BCUT2D eigenvalue weighted by Crippen LogP contribution is -2.27. The third-order valence-corrected chi connectivity index (χ3v) is 4.58. The molecule has 0 aromatic heterocycles. The summed E-state index contributed by atoms with van der Waals surface area (Å²) in [5, 5.41) is 0.653. The normalized spacial score (nSPS) is 14.1. The molecular formula is C19H19ClN2O2. The SMILES string of the molecule is CN(Cc1ccccc1Cl)C(=O)c1ccc(N2CCCC2=O)cc1. The summed E-state index contributed by atoms with van der Waals surface area (Å²) in [5.41, 5.74) is 2.36. The molecule has 0 bridgehead atoms. The maximum atomic E-state index is 12.6. The van der Waals surface area contributed by atoms with Crippen molar-refractivity contribution in [3.05, 3.63) is 64.7 Å². The molecule has 0 spiro atoms. The summed E-state index contributed by atoms with van der Waals surface area (Å²) < 4.78 is 0. The number of amides is 2. The predicted octanol–water partition coefficient (Wildman–Crippen LogP) is 3.74. The van der Waals surface area contributed by atoms with Gasteiger partial charge in [-0.2, -0.15) is 0 Å². The maximum absolute atomic E-state index is 12.6. The number of anilines is 1. The van der Waals surface area contributed by atoms with Gasteiger partial charge in [-0.3, -0.25) is 9.59 Å². The molecule has 1 fully saturated rings. The standard InChI is InChI=1S/C19H19ClN2O2/c1-21(13-15-5-2-3-6-17(15)20)19(24)14-8-10-16(11-9-14)22-12-4-7-18(22)23/h2-3,5-6,8-11H,4,7,12-13H2,1H3. The summed E-state index contributed by atoms with van der Waals surface area (Å²) in [6.07, 6.45) is 1.49. The van der Waals surface area contributed by atoms with Crippen LogP contribution in [0.1, 0.15) is 28.8 Å². The predicted molar refractivity (Wildman–Crippen MR) is 95.3 cm³/mol. The second-order valence-electron chi connectivity index (χ2n) is 5.95. The molecule has 0 unspecified atom stereocenters. The van der Waals surface area contributed by atoms with Gasteiger partial charge in [0.1, 0.15) is 0 Å². The van der Waals surface area contributed by atoms with Gasteiger partial charge in [0, 0.05) is 42.8 Å². The molecule has 24 heavy (non-hydrogen) atoms. The average Bonchev–Trinajstić information content (AvgIpc) is 3.02. The second kappa shape index (κ2) is 7.05. The van der Waals surface area contributed by atoms with Crippen molar-refractivity contribution in [2.45, 2.75) is 19.4 Å². The molecule has 0 saturated carbocycles. The van der Waals surface area contributed by atoms with Gasteiger partial charge in [-0.1, -0.05) is 29.8 Å². The van der Waals surface area contributed by atoms with Gasteiger partial charge in [-0.15, -0.1) is 0 Å². The molecule has 0 aliphatic carbocycles. The Morgan fingerprint density at radius 3 is 2.50 bits per heavy atom. The van der Waals surface area contributed by atoms with Crippen LogP contribution in [-0.4, -0.2) is 30.3 Å². The quantitative estimate of drug-likeness (QED) is 0.849. The highest BCUT2D eigenvalue weighted by Crippen LogP contribution is 2.22. The van der Waals surface area contributed by atoms with Crippen LogP contribution in [-0.2, 0) is 11.3 Å². The van der Waals surface area contributed by atoms with Crippen LogP contribution >= 0.6 is 11.6 Å². The van der Waals surface area contributed by atoms with Crippen molar-refractivity contribution in [1.82, 2.24) is 4.90 Å². The van der Waals surface area contributed by atoms with Crippen molar-refractivity contribution in [1.29, 1.82) is 0 Å². The Morgan fingerprint density at radius 1 is 1.17 bits per heavy atom. The van der Waals surface area contributed by atoms with E-state index in [-0.39, 0.29) is 11.8 Å². The van der Waals surface area contributed by atoms with E-state index in [2.05, 4.69) is 0 Å². The van der Waals surface area contributed by atoms with Crippen molar-refractivity contribution in [2.75, 3.05) is 18.5 Å². The van der Waals surface area contributed by atoms with E-state index in [1.54, 1.807) is 29.0 Å². The molecule has 124 valence electrons. The number of rotatable bonds is 4. The first-order valence-electron chi connectivity index (χ1n) is 7.95. The number of carbonyl (C=O) groups is 2. The molecule has 1 heterocycles. The monoisotopic (exact) mass is 342 g/mol. The Labute approximate surface area is 146 Å². The summed E-state index contributed by atoms with van der Waals surface area (Å²) in [4.78, 5) is 27.7. The molecule has 2 aromatic rings. The molecule has 1 aliphatic heterocycles. The fourth-order valence-electron chi connectivity index (χ4n) is 2.88. The van der Waals surface area contributed by atoms with Gasteiger partial charge in [-0.25, -0.2) is 0 Å². The minimum Gasteiger partial charge on any atom is -0.337 e. The number of nitrogens with zero attached hydrogens (tertiary/aromatic N) is 2. The Kier molecular flexibility index (Phi) is 4.86. The van der Waals surface area contributed by atoms with E-state index in [0.29, 0.717) is 23.6 Å². The van der Waals surface area contributed by atoms with Gasteiger partial charge in [-0.05, 0) is 42.3 Å². The third-order valence-electron chi connectivity index (χ3n) is 4.21. The molecule has 1 aliphatic rings. The first-order valence-corrected chi connectivity index (χ1v) is 8.33. The van der Waals surface area contributed by atoms with Gasteiger partial charge in [0.2, 0.25) is 5.91 Å². The topological polar surface area (TPSA) is 40.6 Å². The van der Waals surface area contributed by atoms with Crippen molar-refractivity contribution < 1.29 is 9.59 Å². The molecule has 0 N–H and O–H groups in total. The lowest BCUT2D eigenvalue weighted by molar-refractivity contribution is -0.117. The second-order valence-corrected chi connectivity index (χ2v) is 6.36. The smallest absolute Gasteiger partial charge is 0.253 e. The van der Waals surface area contributed by atoms with Crippen LogP contribution < -0.4 is 4.90 Å². The summed E-state index contributed by atoms with van der Waals surface area (Å²) in [7, 11) is 1.75. The summed E-state index contributed by atoms with van der Waals surface area (Å²) in [6, 6.07) is 14.7. The van der Waals surface area contributed by atoms with Crippen molar-refractivity contribution >= 4 is 29.1 Å². The van der Waals surface area contributed by atoms with Crippen LogP contribution in [0.2, 0.25) is 5.02 Å². The van der Waals surface area contributed by atoms with Crippen LogP contribution in [0.3, 0.4) is 0 Å². The van der Waals surface area contributed by atoms with Gasteiger partial charge in [0.15, 0.2) is 0 Å². The summed E-state index contributed by atoms with van der Waals surface area (Å²) >= 11 is 6.15. The molecule has 5 heteroatoms. The molecule has 4 nitrogen and oxygen atoms in total. The Morgan fingerprint density at radius 2 is 1.88 bits per heavy atom. The fourth-order valence-corrected chi connectivity index (χ4v) is 3.07. The third kappa shape index (κ3) is 3.44. The van der Waals surface area contributed by atoms with E-state index in [1.165, 1.54) is 0 Å². The minimum absolute atomic E-state index is 0.0748. The van der Waals surface area contributed by atoms with Crippen LogP contribution in [0.25, 0.3) is 0 Å². The number of hydrogen-bond acceptors (Lipinski definition) is 2. The first-order chi connectivity index (χ1) is 11.6. The van der Waals surface area contributed by atoms with Crippen LogP contribution in [0.15, 0.2) is 48.5 Å². The molecule has 2 aromatic carbocycles. The lowest BCUT2D eigenvalue weighted by Gasteiger charge is -2.19. The summed E-state index contributed by atoms with van der Waals surface area (Å²) in [5.74, 6) is 0.0686. The molecule has 1 saturated heterocycles. The van der Waals surface area contributed by atoms with Gasteiger partial charge >= 0.3 is 0 Å². The molecule has 0 atom stereocenters. The zero-order chi connectivity index (χ0) is 17.1. The van der Waals surface area contributed by atoms with Crippen LogP contribution in [0.5, 0.6) is 0 Å². The van der Waals surface area contributed by atoms with E-state index in [4.69, 9.17) is 11.6 Å². The van der Waals surface area contributed by atoms with E-state index < -0.39 is 0 Å². The largest absolute Gasteiger partial charge is 0.337 e. The van der Waals surface area contributed by atoms with Crippen LogP contribution in [0.4, 0.5) is 5.69 Å². The van der Waals surface area contributed by atoms with Crippen LogP contribution in [0, 0.1) is 0 Å².